The summed E-state index contributed by atoms with van der Waals surface area (Å²) in [4.78, 5) is 2.08. The summed E-state index contributed by atoms with van der Waals surface area (Å²) in [5.41, 5.74) is 0. The standard InChI is InChI=1S/C9H18FN/c1-4-7(2)8-5-11(3)6-9(8)10/h7-9H,4-6H2,1-3H3/t7?,8-,9-/m0/s1. The van der Waals surface area contributed by atoms with Gasteiger partial charge in [-0.1, -0.05) is 20.3 Å². The van der Waals surface area contributed by atoms with Crippen LogP contribution < -0.4 is 0 Å². The Balaban J connectivity index is 2.45. The first kappa shape index (κ1) is 8.98. The molecular formula is C9H18FN. The van der Waals surface area contributed by atoms with Crippen LogP contribution in [-0.2, 0) is 0 Å². The minimum absolute atomic E-state index is 0.282. The highest BCUT2D eigenvalue weighted by molar-refractivity contribution is 4.84. The third-order valence-corrected chi connectivity index (χ3v) is 2.85. The molecular weight excluding hydrogens is 141 g/mol. The van der Waals surface area contributed by atoms with Gasteiger partial charge >= 0.3 is 0 Å². The maximum Gasteiger partial charge on any atom is 0.117 e. The lowest BCUT2D eigenvalue weighted by Gasteiger charge is -2.18. The van der Waals surface area contributed by atoms with Gasteiger partial charge in [0, 0.05) is 19.0 Å². The molecule has 1 heterocycles. The van der Waals surface area contributed by atoms with Gasteiger partial charge in [-0.05, 0) is 13.0 Å². The first-order chi connectivity index (χ1) is 5.15. The number of hydrogen-bond acceptors (Lipinski definition) is 1. The second kappa shape index (κ2) is 3.53. The van der Waals surface area contributed by atoms with E-state index in [0.29, 0.717) is 12.5 Å². The molecule has 0 bridgehead atoms. The molecule has 1 saturated heterocycles. The van der Waals surface area contributed by atoms with Crippen molar-refractivity contribution in [3.63, 3.8) is 0 Å². The van der Waals surface area contributed by atoms with E-state index in [9.17, 15) is 4.39 Å². The molecule has 3 atom stereocenters. The van der Waals surface area contributed by atoms with Crippen LogP contribution in [0.15, 0.2) is 0 Å². The molecule has 0 amide bonds. The Hall–Kier alpha value is -0.110. The molecule has 0 radical (unpaired) electrons. The molecule has 0 aliphatic carbocycles. The van der Waals surface area contributed by atoms with E-state index in [2.05, 4.69) is 18.7 Å². The second-order valence-corrected chi connectivity index (χ2v) is 3.79. The Morgan fingerprint density at radius 3 is 2.55 bits per heavy atom. The van der Waals surface area contributed by atoms with Crippen molar-refractivity contribution in [3.05, 3.63) is 0 Å². The summed E-state index contributed by atoms with van der Waals surface area (Å²) in [7, 11) is 2.00. The molecule has 66 valence electrons. The highest BCUT2D eigenvalue weighted by Crippen LogP contribution is 2.27. The highest BCUT2D eigenvalue weighted by atomic mass is 19.1. The molecule has 0 saturated carbocycles. The van der Waals surface area contributed by atoms with E-state index in [1.54, 1.807) is 0 Å². The fraction of sp³-hybridized carbons (Fsp3) is 1.00. The van der Waals surface area contributed by atoms with Crippen LogP contribution in [-0.4, -0.2) is 31.2 Å². The average Bonchev–Trinajstić information content (AvgIpc) is 2.28. The molecule has 1 fully saturated rings. The van der Waals surface area contributed by atoms with Gasteiger partial charge in [0.25, 0.3) is 0 Å². The zero-order valence-electron chi connectivity index (χ0n) is 7.68. The number of likely N-dealkylation sites (tertiary alicyclic amines) is 1. The minimum Gasteiger partial charge on any atom is -0.303 e. The predicted octanol–water partition coefficient (Wildman–Crippen LogP) is 1.93. The molecule has 1 rings (SSSR count). The first-order valence-corrected chi connectivity index (χ1v) is 4.47. The normalized spacial score (nSPS) is 36.0. The van der Waals surface area contributed by atoms with Gasteiger partial charge in [0.15, 0.2) is 0 Å². The van der Waals surface area contributed by atoms with E-state index in [-0.39, 0.29) is 5.92 Å². The predicted molar refractivity (Wildman–Crippen MR) is 45.3 cm³/mol. The summed E-state index contributed by atoms with van der Waals surface area (Å²) in [6.07, 6.45) is 0.508. The maximum atomic E-state index is 13.2. The van der Waals surface area contributed by atoms with Crippen LogP contribution >= 0.6 is 0 Å². The first-order valence-electron chi connectivity index (χ1n) is 4.47. The molecule has 1 aliphatic rings. The van der Waals surface area contributed by atoms with Gasteiger partial charge in [0.05, 0.1) is 0 Å². The molecule has 0 aromatic carbocycles. The molecule has 2 heteroatoms. The third-order valence-electron chi connectivity index (χ3n) is 2.85. The lowest BCUT2D eigenvalue weighted by molar-refractivity contribution is 0.220. The van der Waals surface area contributed by atoms with Crippen LogP contribution in [0.4, 0.5) is 4.39 Å². The van der Waals surface area contributed by atoms with E-state index in [1.807, 2.05) is 7.05 Å². The van der Waals surface area contributed by atoms with Gasteiger partial charge in [0.2, 0.25) is 0 Å². The Labute approximate surface area is 68.6 Å². The van der Waals surface area contributed by atoms with Crippen LogP contribution in [0.5, 0.6) is 0 Å². The summed E-state index contributed by atoms with van der Waals surface area (Å²) >= 11 is 0. The number of alkyl halides is 1. The van der Waals surface area contributed by atoms with Gasteiger partial charge in [-0.3, -0.25) is 0 Å². The highest BCUT2D eigenvalue weighted by Gasteiger charge is 2.33. The summed E-state index contributed by atoms with van der Waals surface area (Å²) in [6.45, 7) is 5.86. The Kier molecular flexibility index (Phi) is 2.88. The van der Waals surface area contributed by atoms with Crippen LogP contribution in [0.3, 0.4) is 0 Å². The quantitative estimate of drug-likeness (QED) is 0.595. The van der Waals surface area contributed by atoms with Crippen molar-refractivity contribution in [3.8, 4) is 0 Å². The molecule has 0 spiro atoms. The number of nitrogens with zero attached hydrogens (tertiary/aromatic N) is 1. The van der Waals surface area contributed by atoms with Crippen LogP contribution in [0.1, 0.15) is 20.3 Å². The largest absolute Gasteiger partial charge is 0.303 e. The molecule has 1 nitrogen and oxygen atoms in total. The minimum atomic E-state index is -0.588. The van der Waals surface area contributed by atoms with E-state index in [1.165, 1.54) is 0 Å². The van der Waals surface area contributed by atoms with Crippen molar-refractivity contribution in [1.82, 2.24) is 4.90 Å². The Bertz CT molecular complexity index is 123. The van der Waals surface area contributed by atoms with Gasteiger partial charge in [-0.15, -0.1) is 0 Å². The van der Waals surface area contributed by atoms with E-state index < -0.39 is 6.17 Å². The molecule has 1 unspecified atom stereocenters. The van der Waals surface area contributed by atoms with Gasteiger partial charge < -0.3 is 4.90 Å². The Morgan fingerprint density at radius 2 is 2.18 bits per heavy atom. The van der Waals surface area contributed by atoms with E-state index in [0.717, 1.165) is 13.0 Å². The summed E-state index contributed by atoms with van der Waals surface area (Å²) in [5.74, 6) is 0.819. The van der Waals surface area contributed by atoms with Crippen molar-refractivity contribution in [2.75, 3.05) is 20.1 Å². The van der Waals surface area contributed by atoms with Crippen molar-refractivity contribution < 1.29 is 4.39 Å². The summed E-state index contributed by atoms with van der Waals surface area (Å²) < 4.78 is 13.2. The van der Waals surface area contributed by atoms with Gasteiger partial charge in [0.1, 0.15) is 6.17 Å². The van der Waals surface area contributed by atoms with E-state index >= 15 is 0 Å². The van der Waals surface area contributed by atoms with Gasteiger partial charge in [-0.25, -0.2) is 4.39 Å². The van der Waals surface area contributed by atoms with Crippen LogP contribution in [0.25, 0.3) is 0 Å². The molecule has 0 aromatic rings. The lowest BCUT2D eigenvalue weighted by Crippen LogP contribution is -2.20. The van der Waals surface area contributed by atoms with Crippen LogP contribution in [0.2, 0.25) is 0 Å². The molecule has 0 N–H and O–H groups in total. The summed E-state index contributed by atoms with van der Waals surface area (Å²) in [5, 5.41) is 0. The smallest absolute Gasteiger partial charge is 0.117 e. The van der Waals surface area contributed by atoms with Crippen LogP contribution in [0, 0.1) is 11.8 Å². The zero-order chi connectivity index (χ0) is 8.43. The lowest BCUT2D eigenvalue weighted by atomic mass is 9.90. The second-order valence-electron chi connectivity index (χ2n) is 3.79. The van der Waals surface area contributed by atoms with Crippen molar-refractivity contribution in [2.24, 2.45) is 11.8 Å². The Morgan fingerprint density at radius 1 is 1.55 bits per heavy atom. The van der Waals surface area contributed by atoms with E-state index in [4.69, 9.17) is 0 Å². The van der Waals surface area contributed by atoms with Crippen molar-refractivity contribution >= 4 is 0 Å². The SMILES string of the molecule is CCC(C)[C@@H]1CN(C)C[C@@H]1F. The molecule has 1 aliphatic heterocycles. The topological polar surface area (TPSA) is 3.24 Å². The molecule has 11 heavy (non-hydrogen) atoms. The number of rotatable bonds is 2. The van der Waals surface area contributed by atoms with Crippen molar-refractivity contribution in [2.45, 2.75) is 26.4 Å². The maximum absolute atomic E-state index is 13.2. The van der Waals surface area contributed by atoms with Crippen molar-refractivity contribution in [1.29, 1.82) is 0 Å². The average molecular weight is 159 g/mol. The molecule has 0 aromatic heterocycles. The van der Waals surface area contributed by atoms with Gasteiger partial charge in [-0.2, -0.15) is 0 Å². The zero-order valence-corrected chi connectivity index (χ0v) is 7.68. The number of halogens is 1. The monoisotopic (exact) mass is 159 g/mol. The fourth-order valence-corrected chi connectivity index (χ4v) is 1.82. The number of hydrogen-bond donors (Lipinski definition) is 0. The summed E-state index contributed by atoms with van der Waals surface area (Å²) in [6, 6.07) is 0. The fourth-order valence-electron chi connectivity index (χ4n) is 1.82. The third kappa shape index (κ3) is 1.92.